The Balaban J connectivity index is 1.53. The number of benzene rings is 2. The zero-order chi connectivity index (χ0) is 23.1. The molecule has 3 rings (SSSR count). The highest BCUT2D eigenvalue weighted by atomic mass is 16.5. The minimum Gasteiger partial charge on any atom is -0.496 e. The first-order chi connectivity index (χ1) is 15.4. The average molecular weight is 439 g/mol. The summed E-state index contributed by atoms with van der Waals surface area (Å²) < 4.78 is 11.2. The number of nitrogens with zero attached hydrogens (tertiary/aromatic N) is 2. The topological polar surface area (TPSA) is 75.2 Å². The van der Waals surface area contributed by atoms with E-state index in [9.17, 15) is 4.79 Å². The SMILES string of the molecule is CN=C(NCc1ccc(C(=O)N2CC(C)OC(C)C2)cc1)NCc1ccc(C)cc1OC. The first-order valence-corrected chi connectivity index (χ1v) is 11.0. The van der Waals surface area contributed by atoms with Crippen molar-refractivity contribution in [3.8, 4) is 5.75 Å². The number of aliphatic imine (C=N–C) groups is 1. The number of carbonyl (C=O) groups is 1. The van der Waals surface area contributed by atoms with Gasteiger partial charge in [-0.3, -0.25) is 9.79 Å². The molecule has 0 aromatic heterocycles. The summed E-state index contributed by atoms with van der Waals surface area (Å²) >= 11 is 0. The van der Waals surface area contributed by atoms with Crippen LogP contribution < -0.4 is 15.4 Å². The van der Waals surface area contributed by atoms with Gasteiger partial charge < -0.3 is 25.0 Å². The second kappa shape index (κ2) is 11.0. The predicted octanol–water partition coefficient (Wildman–Crippen LogP) is 3.12. The molecule has 0 radical (unpaired) electrons. The molecule has 0 saturated carbocycles. The normalized spacial score (nSPS) is 18.9. The number of aryl methyl sites for hydroxylation is 1. The van der Waals surface area contributed by atoms with Crippen molar-refractivity contribution in [1.82, 2.24) is 15.5 Å². The van der Waals surface area contributed by atoms with Crippen molar-refractivity contribution < 1.29 is 14.3 Å². The maximum absolute atomic E-state index is 12.8. The molecule has 1 fully saturated rings. The second-order valence-corrected chi connectivity index (χ2v) is 8.26. The molecule has 1 aliphatic rings. The number of amides is 1. The monoisotopic (exact) mass is 438 g/mol. The van der Waals surface area contributed by atoms with Gasteiger partial charge in [0.15, 0.2) is 5.96 Å². The molecule has 2 aromatic rings. The van der Waals surface area contributed by atoms with Crippen molar-refractivity contribution in [1.29, 1.82) is 0 Å². The highest BCUT2D eigenvalue weighted by Crippen LogP contribution is 2.19. The van der Waals surface area contributed by atoms with Crippen molar-refractivity contribution in [3.05, 3.63) is 64.7 Å². The minimum absolute atomic E-state index is 0.0519. The quantitative estimate of drug-likeness (QED) is 0.535. The van der Waals surface area contributed by atoms with Gasteiger partial charge in [0.2, 0.25) is 0 Å². The molecule has 32 heavy (non-hydrogen) atoms. The third kappa shape index (κ3) is 6.23. The van der Waals surface area contributed by atoms with Crippen LogP contribution in [0.3, 0.4) is 0 Å². The highest BCUT2D eigenvalue weighted by molar-refractivity contribution is 5.94. The Bertz CT molecular complexity index is 933. The Morgan fingerprint density at radius 1 is 1.09 bits per heavy atom. The van der Waals surface area contributed by atoms with Gasteiger partial charge in [0.05, 0.1) is 19.3 Å². The van der Waals surface area contributed by atoms with Gasteiger partial charge in [-0.2, -0.15) is 0 Å². The number of guanidine groups is 1. The summed E-state index contributed by atoms with van der Waals surface area (Å²) in [6.07, 6.45) is 0.121. The maximum Gasteiger partial charge on any atom is 0.254 e. The lowest BCUT2D eigenvalue weighted by Gasteiger charge is -2.35. The third-order valence-corrected chi connectivity index (χ3v) is 5.48. The van der Waals surface area contributed by atoms with E-state index in [0.29, 0.717) is 37.7 Å². The fraction of sp³-hybridized carbons (Fsp3) is 0.440. The van der Waals surface area contributed by atoms with Crippen LogP contribution >= 0.6 is 0 Å². The smallest absolute Gasteiger partial charge is 0.254 e. The van der Waals surface area contributed by atoms with Crippen LogP contribution in [0.4, 0.5) is 0 Å². The molecule has 172 valence electrons. The van der Waals surface area contributed by atoms with Crippen LogP contribution in [0, 0.1) is 6.92 Å². The number of hydrogen-bond acceptors (Lipinski definition) is 4. The summed E-state index contributed by atoms with van der Waals surface area (Å²) in [5.41, 5.74) is 3.99. The van der Waals surface area contributed by atoms with Crippen LogP contribution in [0.25, 0.3) is 0 Å². The molecule has 2 unspecified atom stereocenters. The molecule has 1 heterocycles. The van der Waals surface area contributed by atoms with E-state index in [4.69, 9.17) is 9.47 Å². The van der Waals surface area contributed by atoms with Gasteiger partial charge in [0, 0.05) is 44.4 Å². The van der Waals surface area contributed by atoms with Crippen LogP contribution in [0.5, 0.6) is 5.75 Å². The van der Waals surface area contributed by atoms with Crippen molar-refractivity contribution in [2.24, 2.45) is 4.99 Å². The van der Waals surface area contributed by atoms with E-state index in [1.807, 2.05) is 56.0 Å². The van der Waals surface area contributed by atoms with E-state index in [-0.39, 0.29) is 18.1 Å². The molecule has 0 aliphatic carbocycles. The summed E-state index contributed by atoms with van der Waals surface area (Å²) in [5.74, 6) is 1.61. The molecule has 1 saturated heterocycles. The molecular formula is C25H34N4O3. The van der Waals surface area contributed by atoms with Crippen LogP contribution in [-0.2, 0) is 17.8 Å². The molecule has 0 spiro atoms. The van der Waals surface area contributed by atoms with Crippen molar-refractivity contribution in [2.45, 2.75) is 46.1 Å². The van der Waals surface area contributed by atoms with Gasteiger partial charge in [-0.15, -0.1) is 0 Å². The summed E-state index contributed by atoms with van der Waals surface area (Å²) in [6, 6.07) is 13.9. The van der Waals surface area contributed by atoms with Gasteiger partial charge in [-0.25, -0.2) is 0 Å². The number of carbonyl (C=O) groups excluding carboxylic acids is 1. The van der Waals surface area contributed by atoms with E-state index in [1.54, 1.807) is 14.2 Å². The highest BCUT2D eigenvalue weighted by Gasteiger charge is 2.26. The lowest BCUT2D eigenvalue weighted by molar-refractivity contribution is -0.0586. The van der Waals surface area contributed by atoms with E-state index in [2.05, 4.69) is 27.8 Å². The predicted molar refractivity (Wildman–Crippen MR) is 127 cm³/mol. The zero-order valence-corrected chi connectivity index (χ0v) is 19.6. The fourth-order valence-corrected chi connectivity index (χ4v) is 3.87. The Labute approximate surface area is 190 Å². The van der Waals surface area contributed by atoms with Crippen LogP contribution in [0.1, 0.15) is 40.9 Å². The largest absolute Gasteiger partial charge is 0.496 e. The van der Waals surface area contributed by atoms with Gasteiger partial charge in [-0.1, -0.05) is 24.3 Å². The molecule has 1 aliphatic heterocycles. The molecule has 7 nitrogen and oxygen atoms in total. The summed E-state index contributed by atoms with van der Waals surface area (Å²) in [7, 11) is 3.42. The number of ether oxygens (including phenoxy) is 2. The summed E-state index contributed by atoms with van der Waals surface area (Å²) in [6.45, 7) is 8.50. The van der Waals surface area contributed by atoms with Crippen molar-refractivity contribution in [2.75, 3.05) is 27.2 Å². The summed E-state index contributed by atoms with van der Waals surface area (Å²) in [5, 5.41) is 6.63. The lowest BCUT2D eigenvalue weighted by atomic mass is 10.1. The molecule has 2 atom stereocenters. The van der Waals surface area contributed by atoms with Crippen LogP contribution in [0.2, 0.25) is 0 Å². The Morgan fingerprint density at radius 3 is 2.38 bits per heavy atom. The van der Waals surface area contributed by atoms with Crippen LogP contribution in [-0.4, -0.2) is 56.2 Å². The number of morpholine rings is 1. The maximum atomic E-state index is 12.8. The molecule has 2 N–H and O–H groups in total. The first-order valence-electron chi connectivity index (χ1n) is 11.0. The summed E-state index contributed by atoms with van der Waals surface area (Å²) in [4.78, 5) is 19.0. The number of hydrogen-bond donors (Lipinski definition) is 2. The van der Waals surface area contributed by atoms with Crippen molar-refractivity contribution >= 4 is 11.9 Å². The van der Waals surface area contributed by atoms with Gasteiger partial charge in [0.1, 0.15) is 5.75 Å². The van der Waals surface area contributed by atoms with Crippen molar-refractivity contribution in [3.63, 3.8) is 0 Å². The van der Waals surface area contributed by atoms with Gasteiger partial charge >= 0.3 is 0 Å². The Morgan fingerprint density at radius 2 is 1.75 bits per heavy atom. The third-order valence-electron chi connectivity index (χ3n) is 5.48. The van der Waals surface area contributed by atoms with Gasteiger partial charge in [-0.05, 0) is 50.1 Å². The first kappa shape index (κ1) is 23.6. The van der Waals surface area contributed by atoms with E-state index >= 15 is 0 Å². The van der Waals surface area contributed by atoms with E-state index in [0.717, 1.165) is 22.4 Å². The Hall–Kier alpha value is -3.06. The fourth-order valence-electron chi connectivity index (χ4n) is 3.87. The average Bonchev–Trinajstić information content (AvgIpc) is 2.79. The molecular weight excluding hydrogens is 404 g/mol. The van der Waals surface area contributed by atoms with Crippen LogP contribution in [0.15, 0.2) is 47.5 Å². The van der Waals surface area contributed by atoms with E-state index < -0.39 is 0 Å². The Kier molecular flexibility index (Phi) is 8.11. The number of rotatable bonds is 6. The van der Waals surface area contributed by atoms with E-state index in [1.165, 1.54) is 0 Å². The van der Waals surface area contributed by atoms with Gasteiger partial charge in [0.25, 0.3) is 5.91 Å². The lowest BCUT2D eigenvalue weighted by Crippen LogP contribution is -2.48. The molecule has 2 aromatic carbocycles. The standard InChI is InChI=1S/C25H34N4O3/c1-17-6-9-22(23(12-17)31-5)14-28-25(26-4)27-13-20-7-10-21(11-8-20)24(30)29-15-18(2)32-19(3)16-29/h6-12,18-19H,13-16H2,1-5H3,(H2,26,27,28). The number of nitrogens with one attached hydrogen (secondary N) is 2. The molecule has 1 amide bonds. The molecule has 0 bridgehead atoms. The zero-order valence-electron chi connectivity index (χ0n) is 19.6. The second-order valence-electron chi connectivity index (χ2n) is 8.26. The molecule has 7 heteroatoms. The number of methoxy groups -OCH3 is 1. The minimum atomic E-state index is 0.0519.